The molecule has 0 aliphatic heterocycles. The number of nitrogens with zero attached hydrogens (tertiary/aromatic N) is 1. The largest absolute Gasteiger partial charge is 0.361 e. The van der Waals surface area contributed by atoms with Crippen LogP contribution in [0.1, 0.15) is 17.0 Å². The lowest BCUT2D eigenvalue weighted by Gasteiger charge is -2.04. The first-order valence-electron chi connectivity index (χ1n) is 5.42. The van der Waals surface area contributed by atoms with Crippen molar-refractivity contribution in [1.82, 2.24) is 5.16 Å². The van der Waals surface area contributed by atoms with Gasteiger partial charge in [-0.1, -0.05) is 17.3 Å². The van der Waals surface area contributed by atoms with Gasteiger partial charge in [-0.3, -0.25) is 4.79 Å². The summed E-state index contributed by atoms with van der Waals surface area (Å²) in [7, 11) is 0. The predicted octanol–water partition coefficient (Wildman–Crippen LogP) is 2.47. The second-order valence-electron chi connectivity index (χ2n) is 4.03. The highest BCUT2D eigenvalue weighted by Crippen LogP contribution is 2.10. The van der Waals surface area contributed by atoms with Crippen molar-refractivity contribution in [3.05, 3.63) is 47.3 Å². The van der Waals surface area contributed by atoms with Crippen LogP contribution < -0.4 is 5.32 Å². The Kier molecular flexibility index (Phi) is 3.23. The number of hydrogen-bond acceptors (Lipinski definition) is 3. The summed E-state index contributed by atoms with van der Waals surface area (Å²) in [6.07, 6.45) is 0.203. The molecular formula is C13H14N2O2. The first-order valence-corrected chi connectivity index (χ1v) is 5.42. The Morgan fingerprint density at radius 1 is 1.35 bits per heavy atom. The fraction of sp³-hybridized carbons (Fsp3) is 0.231. The van der Waals surface area contributed by atoms with E-state index < -0.39 is 0 Å². The van der Waals surface area contributed by atoms with E-state index >= 15 is 0 Å². The summed E-state index contributed by atoms with van der Waals surface area (Å²) in [4.78, 5) is 11.7. The van der Waals surface area contributed by atoms with Crippen molar-refractivity contribution in [2.24, 2.45) is 0 Å². The van der Waals surface area contributed by atoms with E-state index in [9.17, 15) is 4.79 Å². The van der Waals surface area contributed by atoms with Crippen molar-refractivity contribution >= 4 is 11.6 Å². The normalized spacial score (nSPS) is 10.2. The maximum absolute atomic E-state index is 11.7. The lowest BCUT2D eigenvalue weighted by Crippen LogP contribution is -2.13. The SMILES string of the molecule is Cc1cccc(NC(=O)Cc2cc(C)no2)c1. The summed E-state index contributed by atoms with van der Waals surface area (Å²) in [6, 6.07) is 9.43. The van der Waals surface area contributed by atoms with Gasteiger partial charge in [-0.05, 0) is 31.5 Å². The Bertz CT molecular complexity index is 532. The number of carbonyl (C=O) groups is 1. The van der Waals surface area contributed by atoms with Crippen LogP contribution in [0, 0.1) is 13.8 Å². The number of amides is 1. The zero-order valence-electron chi connectivity index (χ0n) is 9.86. The van der Waals surface area contributed by atoms with Gasteiger partial charge < -0.3 is 9.84 Å². The summed E-state index contributed by atoms with van der Waals surface area (Å²) in [5.74, 6) is 0.472. The van der Waals surface area contributed by atoms with Gasteiger partial charge in [0.1, 0.15) is 5.76 Å². The molecule has 2 aromatic rings. The zero-order valence-corrected chi connectivity index (χ0v) is 9.86. The quantitative estimate of drug-likeness (QED) is 0.881. The van der Waals surface area contributed by atoms with E-state index in [1.807, 2.05) is 38.1 Å². The number of benzene rings is 1. The average Bonchev–Trinajstić information content (AvgIpc) is 2.63. The third-order valence-corrected chi connectivity index (χ3v) is 2.31. The molecule has 17 heavy (non-hydrogen) atoms. The smallest absolute Gasteiger partial charge is 0.232 e. The molecule has 0 atom stereocenters. The molecule has 0 fully saturated rings. The molecule has 4 nitrogen and oxygen atoms in total. The van der Waals surface area contributed by atoms with Crippen LogP contribution in [0.2, 0.25) is 0 Å². The minimum atomic E-state index is -0.105. The number of aromatic nitrogens is 1. The standard InChI is InChI=1S/C13H14N2O2/c1-9-4-3-5-11(6-9)14-13(16)8-12-7-10(2)15-17-12/h3-7H,8H2,1-2H3,(H,14,16). The molecule has 1 N–H and O–H groups in total. The van der Waals surface area contributed by atoms with E-state index in [1.54, 1.807) is 6.07 Å². The Morgan fingerprint density at radius 3 is 2.82 bits per heavy atom. The van der Waals surface area contributed by atoms with Gasteiger partial charge in [0.15, 0.2) is 0 Å². The molecule has 0 spiro atoms. The monoisotopic (exact) mass is 230 g/mol. The van der Waals surface area contributed by atoms with Crippen molar-refractivity contribution in [1.29, 1.82) is 0 Å². The molecule has 1 aromatic carbocycles. The molecule has 0 aliphatic rings. The molecule has 0 unspecified atom stereocenters. The predicted molar refractivity (Wildman–Crippen MR) is 64.8 cm³/mol. The molecule has 0 saturated carbocycles. The third kappa shape index (κ3) is 3.17. The lowest BCUT2D eigenvalue weighted by atomic mass is 10.2. The number of nitrogens with one attached hydrogen (secondary N) is 1. The van der Waals surface area contributed by atoms with Gasteiger partial charge in [-0.2, -0.15) is 0 Å². The van der Waals surface area contributed by atoms with E-state index in [-0.39, 0.29) is 12.3 Å². The fourth-order valence-corrected chi connectivity index (χ4v) is 1.59. The van der Waals surface area contributed by atoms with Crippen LogP contribution in [0.15, 0.2) is 34.9 Å². The second-order valence-corrected chi connectivity index (χ2v) is 4.03. The second kappa shape index (κ2) is 4.82. The van der Waals surface area contributed by atoms with Gasteiger partial charge in [-0.25, -0.2) is 0 Å². The van der Waals surface area contributed by atoms with E-state index in [1.165, 1.54) is 0 Å². The zero-order chi connectivity index (χ0) is 12.3. The van der Waals surface area contributed by atoms with E-state index in [2.05, 4.69) is 10.5 Å². The lowest BCUT2D eigenvalue weighted by molar-refractivity contribution is -0.115. The first kappa shape index (κ1) is 11.4. The summed E-state index contributed by atoms with van der Waals surface area (Å²) in [5.41, 5.74) is 2.69. The number of hydrogen-bond donors (Lipinski definition) is 1. The first-order chi connectivity index (χ1) is 8.13. The highest BCUT2D eigenvalue weighted by Gasteiger charge is 2.08. The van der Waals surface area contributed by atoms with Crippen LogP contribution in [-0.4, -0.2) is 11.1 Å². The summed E-state index contributed by atoms with van der Waals surface area (Å²) < 4.78 is 4.99. The Hall–Kier alpha value is -2.10. The van der Waals surface area contributed by atoms with Crippen LogP contribution in [0.3, 0.4) is 0 Å². The molecule has 4 heteroatoms. The molecular weight excluding hydrogens is 216 g/mol. The van der Waals surface area contributed by atoms with Crippen molar-refractivity contribution in [2.45, 2.75) is 20.3 Å². The maximum atomic E-state index is 11.7. The van der Waals surface area contributed by atoms with Crippen LogP contribution >= 0.6 is 0 Å². The summed E-state index contributed by atoms with van der Waals surface area (Å²) in [5, 5.41) is 6.55. The Morgan fingerprint density at radius 2 is 2.18 bits per heavy atom. The number of carbonyl (C=O) groups excluding carboxylic acids is 1. The molecule has 1 aromatic heterocycles. The van der Waals surface area contributed by atoms with Gasteiger partial charge in [0.2, 0.25) is 5.91 Å². The van der Waals surface area contributed by atoms with Crippen molar-refractivity contribution in [3.63, 3.8) is 0 Å². The summed E-state index contributed by atoms with van der Waals surface area (Å²) >= 11 is 0. The molecule has 0 saturated heterocycles. The molecule has 0 aliphatic carbocycles. The highest BCUT2D eigenvalue weighted by molar-refractivity contribution is 5.91. The van der Waals surface area contributed by atoms with Crippen LogP contribution in [0.5, 0.6) is 0 Å². The van der Waals surface area contributed by atoms with Crippen molar-refractivity contribution < 1.29 is 9.32 Å². The van der Waals surface area contributed by atoms with Gasteiger partial charge in [-0.15, -0.1) is 0 Å². The van der Waals surface area contributed by atoms with E-state index in [4.69, 9.17) is 4.52 Å². The van der Waals surface area contributed by atoms with Gasteiger partial charge in [0.05, 0.1) is 12.1 Å². The minimum Gasteiger partial charge on any atom is -0.361 e. The molecule has 0 radical (unpaired) electrons. The van der Waals surface area contributed by atoms with Crippen LogP contribution in [0.4, 0.5) is 5.69 Å². The van der Waals surface area contributed by atoms with E-state index in [0.29, 0.717) is 5.76 Å². The Labute approximate surface area is 99.6 Å². The molecule has 1 amide bonds. The topological polar surface area (TPSA) is 55.1 Å². The van der Waals surface area contributed by atoms with Crippen molar-refractivity contribution in [2.75, 3.05) is 5.32 Å². The van der Waals surface area contributed by atoms with Crippen LogP contribution in [-0.2, 0) is 11.2 Å². The van der Waals surface area contributed by atoms with E-state index in [0.717, 1.165) is 16.9 Å². The summed E-state index contributed by atoms with van der Waals surface area (Å²) in [6.45, 7) is 3.81. The van der Waals surface area contributed by atoms with Gasteiger partial charge >= 0.3 is 0 Å². The Balaban J connectivity index is 1.98. The molecule has 2 rings (SSSR count). The van der Waals surface area contributed by atoms with Crippen molar-refractivity contribution in [3.8, 4) is 0 Å². The number of anilines is 1. The molecule has 88 valence electrons. The van der Waals surface area contributed by atoms with Gasteiger partial charge in [0.25, 0.3) is 0 Å². The molecule has 0 bridgehead atoms. The minimum absolute atomic E-state index is 0.105. The highest BCUT2D eigenvalue weighted by atomic mass is 16.5. The number of rotatable bonds is 3. The molecule has 1 heterocycles. The fourth-order valence-electron chi connectivity index (χ4n) is 1.59. The third-order valence-electron chi connectivity index (χ3n) is 2.31. The average molecular weight is 230 g/mol. The maximum Gasteiger partial charge on any atom is 0.232 e. The number of aryl methyl sites for hydroxylation is 2. The van der Waals surface area contributed by atoms with Gasteiger partial charge in [0, 0.05) is 11.8 Å². The van der Waals surface area contributed by atoms with Crippen LogP contribution in [0.25, 0.3) is 0 Å².